The van der Waals surface area contributed by atoms with Crippen molar-refractivity contribution >= 4 is 17.5 Å². The molecule has 1 fully saturated rings. The number of rotatable bonds is 6. The number of carbonyl (C=O) groups excluding carboxylic acids is 2. The molecule has 1 aromatic rings. The third kappa shape index (κ3) is 3.81. The Morgan fingerprint density at radius 2 is 2.05 bits per heavy atom. The van der Waals surface area contributed by atoms with Gasteiger partial charge in [0.1, 0.15) is 0 Å². The molecule has 5 heteroatoms. The van der Waals surface area contributed by atoms with Crippen LogP contribution >= 0.6 is 0 Å². The smallest absolute Gasteiger partial charge is 0.253 e. The van der Waals surface area contributed by atoms with Crippen LogP contribution in [0.25, 0.3) is 0 Å². The molecule has 2 rings (SSSR count). The number of para-hydroxylation sites is 1. The number of hydrogen-bond donors (Lipinski definition) is 3. The van der Waals surface area contributed by atoms with E-state index in [-0.39, 0.29) is 17.9 Å². The molecule has 108 valence electrons. The predicted molar refractivity (Wildman–Crippen MR) is 78.4 cm³/mol. The molecule has 1 aliphatic rings. The maximum atomic E-state index is 12.1. The summed E-state index contributed by atoms with van der Waals surface area (Å²) in [5, 5.41) is 5.66. The molecule has 1 aliphatic carbocycles. The van der Waals surface area contributed by atoms with Crippen molar-refractivity contribution in [3.8, 4) is 0 Å². The first-order valence-corrected chi connectivity index (χ1v) is 7.08. The van der Waals surface area contributed by atoms with Gasteiger partial charge in [-0.3, -0.25) is 9.59 Å². The van der Waals surface area contributed by atoms with Crippen molar-refractivity contribution < 1.29 is 9.59 Å². The fraction of sp³-hybridized carbons (Fsp3) is 0.467. The molecule has 0 unspecified atom stereocenters. The average molecular weight is 275 g/mol. The summed E-state index contributed by atoms with van der Waals surface area (Å²) in [7, 11) is 0. The Morgan fingerprint density at radius 1 is 1.35 bits per heavy atom. The zero-order valence-electron chi connectivity index (χ0n) is 11.7. The topological polar surface area (TPSA) is 84.2 Å². The van der Waals surface area contributed by atoms with E-state index >= 15 is 0 Å². The molecule has 0 bridgehead atoms. The highest BCUT2D eigenvalue weighted by molar-refractivity contribution is 6.04. The second-order valence-corrected chi connectivity index (χ2v) is 5.18. The lowest BCUT2D eigenvalue weighted by Gasteiger charge is -2.14. The van der Waals surface area contributed by atoms with Gasteiger partial charge in [-0.15, -0.1) is 0 Å². The third-order valence-electron chi connectivity index (χ3n) is 3.28. The van der Waals surface area contributed by atoms with Gasteiger partial charge in [0.2, 0.25) is 5.91 Å². The third-order valence-corrected chi connectivity index (χ3v) is 3.28. The van der Waals surface area contributed by atoms with Crippen LogP contribution in [0.3, 0.4) is 0 Å². The van der Waals surface area contributed by atoms with Crippen LogP contribution in [0, 0.1) is 0 Å². The van der Waals surface area contributed by atoms with E-state index in [0.29, 0.717) is 17.7 Å². The van der Waals surface area contributed by atoms with E-state index in [9.17, 15) is 9.59 Å². The van der Waals surface area contributed by atoms with Crippen molar-refractivity contribution in [3.05, 3.63) is 29.8 Å². The van der Waals surface area contributed by atoms with Gasteiger partial charge in [0, 0.05) is 6.04 Å². The van der Waals surface area contributed by atoms with Gasteiger partial charge in [0.25, 0.3) is 5.91 Å². The van der Waals surface area contributed by atoms with Crippen LogP contribution in [0.4, 0.5) is 5.69 Å². The summed E-state index contributed by atoms with van der Waals surface area (Å²) >= 11 is 0. The minimum atomic E-state index is -0.542. The van der Waals surface area contributed by atoms with Crippen LogP contribution in [-0.2, 0) is 4.79 Å². The molecule has 0 aliphatic heterocycles. The van der Waals surface area contributed by atoms with Gasteiger partial charge >= 0.3 is 0 Å². The highest BCUT2D eigenvalue weighted by atomic mass is 16.2. The fourth-order valence-corrected chi connectivity index (χ4v) is 1.95. The maximum absolute atomic E-state index is 12.1. The van der Waals surface area contributed by atoms with Crippen LogP contribution in [0.15, 0.2) is 24.3 Å². The van der Waals surface area contributed by atoms with Gasteiger partial charge in [0.05, 0.1) is 17.3 Å². The zero-order chi connectivity index (χ0) is 14.5. The van der Waals surface area contributed by atoms with E-state index in [4.69, 9.17) is 5.73 Å². The van der Waals surface area contributed by atoms with Crippen LogP contribution < -0.4 is 16.4 Å². The van der Waals surface area contributed by atoms with Crippen LogP contribution in [0.5, 0.6) is 0 Å². The number of hydrogen-bond acceptors (Lipinski definition) is 3. The maximum Gasteiger partial charge on any atom is 0.253 e. The number of carbonyl (C=O) groups is 2. The summed E-state index contributed by atoms with van der Waals surface area (Å²) in [6.07, 6.45) is 3.53. The summed E-state index contributed by atoms with van der Waals surface area (Å²) in [5.41, 5.74) is 6.78. The van der Waals surface area contributed by atoms with Crippen molar-refractivity contribution in [2.45, 2.75) is 44.7 Å². The molecule has 4 N–H and O–H groups in total. The van der Waals surface area contributed by atoms with Crippen LogP contribution in [0.1, 0.15) is 43.0 Å². The monoisotopic (exact) mass is 275 g/mol. The van der Waals surface area contributed by atoms with Gasteiger partial charge in [0.15, 0.2) is 0 Å². The van der Waals surface area contributed by atoms with Crippen molar-refractivity contribution in [1.29, 1.82) is 0 Å². The number of amides is 2. The zero-order valence-corrected chi connectivity index (χ0v) is 11.7. The molecule has 1 atom stereocenters. The van der Waals surface area contributed by atoms with E-state index in [1.54, 1.807) is 24.3 Å². The van der Waals surface area contributed by atoms with Gasteiger partial charge in [-0.1, -0.05) is 25.5 Å². The Kier molecular flexibility index (Phi) is 4.74. The molecule has 2 amide bonds. The normalized spacial score (nSPS) is 15.5. The molecule has 0 saturated heterocycles. The molecule has 1 aromatic carbocycles. The number of anilines is 1. The molecular weight excluding hydrogens is 254 g/mol. The Morgan fingerprint density at radius 3 is 2.70 bits per heavy atom. The van der Waals surface area contributed by atoms with Crippen molar-refractivity contribution in [2.24, 2.45) is 5.73 Å². The van der Waals surface area contributed by atoms with Crippen LogP contribution in [0.2, 0.25) is 0 Å². The van der Waals surface area contributed by atoms with Crippen molar-refractivity contribution in [2.75, 3.05) is 5.32 Å². The van der Waals surface area contributed by atoms with Crippen molar-refractivity contribution in [1.82, 2.24) is 5.32 Å². The quantitative estimate of drug-likeness (QED) is 0.738. The summed E-state index contributed by atoms with van der Waals surface area (Å²) in [5.74, 6) is -0.397. The lowest BCUT2D eigenvalue weighted by molar-refractivity contribution is -0.117. The first kappa shape index (κ1) is 14.5. The fourth-order valence-electron chi connectivity index (χ4n) is 1.95. The molecule has 0 radical (unpaired) electrons. The second-order valence-electron chi connectivity index (χ2n) is 5.18. The van der Waals surface area contributed by atoms with E-state index in [1.807, 2.05) is 6.92 Å². The summed E-state index contributed by atoms with van der Waals surface area (Å²) in [6.45, 7) is 1.98. The van der Waals surface area contributed by atoms with E-state index in [2.05, 4.69) is 10.6 Å². The lowest BCUT2D eigenvalue weighted by Crippen LogP contribution is -2.36. The molecular formula is C15H21N3O2. The minimum Gasteiger partial charge on any atom is -0.349 e. The van der Waals surface area contributed by atoms with Gasteiger partial charge in [-0.05, 0) is 31.4 Å². The molecule has 20 heavy (non-hydrogen) atoms. The highest BCUT2D eigenvalue weighted by Crippen LogP contribution is 2.21. The summed E-state index contributed by atoms with van der Waals surface area (Å²) in [6, 6.07) is 6.74. The Labute approximate surface area is 118 Å². The Hall–Kier alpha value is -1.88. The minimum absolute atomic E-state index is 0.146. The molecule has 0 aromatic heterocycles. The number of nitrogens with one attached hydrogen (secondary N) is 2. The van der Waals surface area contributed by atoms with E-state index in [0.717, 1.165) is 19.3 Å². The first-order valence-electron chi connectivity index (χ1n) is 7.08. The van der Waals surface area contributed by atoms with Gasteiger partial charge < -0.3 is 16.4 Å². The average Bonchev–Trinajstić information content (AvgIpc) is 3.23. The first-order chi connectivity index (χ1) is 9.61. The highest BCUT2D eigenvalue weighted by Gasteiger charge is 2.25. The molecule has 1 saturated carbocycles. The van der Waals surface area contributed by atoms with Gasteiger partial charge in [-0.25, -0.2) is 0 Å². The predicted octanol–water partition coefficient (Wildman–Crippen LogP) is 1.64. The Balaban J connectivity index is 2.06. The molecule has 0 spiro atoms. The van der Waals surface area contributed by atoms with Gasteiger partial charge in [-0.2, -0.15) is 0 Å². The largest absolute Gasteiger partial charge is 0.349 e. The lowest BCUT2D eigenvalue weighted by atomic mass is 10.1. The van der Waals surface area contributed by atoms with E-state index < -0.39 is 6.04 Å². The number of benzene rings is 1. The summed E-state index contributed by atoms with van der Waals surface area (Å²) < 4.78 is 0. The standard InChI is InChI=1S/C15H21N3O2/c1-2-5-12(16)15(20)18-13-7-4-3-6-11(13)14(19)17-10-8-9-10/h3-4,6-7,10,12H,2,5,8-9,16H2,1H3,(H,17,19)(H,18,20)/t12-/m1/s1. The SMILES string of the molecule is CCC[C@@H](N)C(=O)Nc1ccccc1C(=O)NC1CC1. The summed E-state index contributed by atoms with van der Waals surface area (Å²) in [4.78, 5) is 24.0. The van der Waals surface area contributed by atoms with E-state index in [1.165, 1.54) is 0 Å². The van der Waals surface area contributed by atoms with Crippen molar-refractivity contribution in [3.63, 3.8) is 0 Å². The number of nitrogens with two attached hydrogens (primary N) is 1. The van der Waals surface area contributed by atoms with Crippen LogP contribution in [-0.4, -0.2) is 23.9 Å². The second kappa shape index (κ2) is 6.52. The molecule has 5 nitrogen and oxygen atoms in total. The molecule has 0 heterocycles. The Bertz CT molecular complexity index is 498.